The second kappa shape index (κ2) is 6.90. The molecule has 1 fully saturated rings. The van der Waals surface area contributed by atoms with Gasteiger partial charge < -0.3 is 5.32 Å². The normalized spacial score (nSPS) is 15.6. The fourth-order valence-corrected chi connectivity index (χ4v) is 4.42. The number of amides is 1. The topological polar surface area (TPSA) is 59.3 Å². The summed E-state index contributed by atoms with van der Waals surface area (Å²) in [6.45, 7) is 0. The van der Waals surface area contributed by atoms with E-state index in [1.165, 1.54) is 11.3 Å². The highest BCUT2D eigenvalue weighted by atomic mass is 79.9. The first kappa shape index (κ1) is 18.4. The minimum absolute atomic E-state index is 0.0333. The Kier molecular flexibility index (Phi) is 4.71. The third-order valence-electron chi connectivity index (χ3n) is 4.50. The Morgan fingerprint density at radius 2 is 2.07 bits per heavy atom. The number of hydrogen-bond donors (Lipinski definition) is 1. The number of alkyl halides is 3. The molecule has 1 aliphatic carbocycles. The van der Waals surface area contributed by atoms with Gasteiger partial charge in [0.2, 0.25) is 0 Å². The van der Waals surface area contributed by atoms with Crippen LogP contribution in [0.25, 0.3) is 16.2 Å². The predicted molar refractivity (Wildman–Crippen MR) is 98.7 cm³/mol. The lowest BCUT2D eigenvalue weighted by Gasteiger charge is -2.10. The van der Waals surface area contributed by atoms with Gasteiger partial charge in [-0.2, -0.15) is 18.3 Å². The van der Waals surface area contributed by atoms with Gasteiger partial charge >= 0.3 is 6.18 Å². The van der Waals surface area contributed by atoms with Gasteiger partial charge in [0.05, 0.1) is 15.0 Å². The minimum atomic E-state index is -4.64. The third kappa shape index (κ3) is 3.47. The molecule has 5 nitrogen and oxygen atoms in total. The maximum absolute atomic E-state index is 13.6. The second-order valence-corrected chi connectivity index (χ2v) is 8.10. The summed E-state index contributed by atoms with van der Waals surface area (Å²) < 4.78 is 41.7. The van der Waals surface area contributed by atoms with E-state index in [0.717, 1.165) is 31.7 Å². The Morgan fingerprint density at radius 1 is 1.33 bits per heavy atom. The molecular formula is C17H14BrF3N4OS. The number of carbonyl (C=O) groups excluding carboxylic acids is 1. The van der Waals surface area contributed by atoms with Crippen LogP contribution in [0.15, 0.2) is 28.1 Å². The van der Waals surface area contributed by atoms with Crippen molar-refractivity contribution in [2.45, 2.75) is 37.9 Å². The Balaban J connectivity index is 1.83. The standard InChI is InChI=1S/C17H14BrF3N4OS/c18-13-14(16(26)22-9-4-1-2-5-9)24-25-12(17(19,20)21)8-10(23-15(13)25)11-6-3-7-27-11/h3,6-9H,1-2,4-5H2,(H,22,26). The summed E-state index contributed by atoms with van der Waals surface area (Å²) in [6.07, 6.45) is -0.850. The van der Waals surface area contributed by atoms with Crippen LogP contribution < -0.4 is 5.32 Å². The molecule has 1 N–H and O–H groups in total. The van der Waals surface area contributed by atoms with Crippen LogP contribution in [0.4, 0.5) is 13.2 Å². The third-order valence-corrected chi connectivity index (χ3v) is 6.12. The van der Waals surface area contributed by atoms with Gasteiger partial charge in [-0.05, 0) is 46.3 Å². The molecule has 1 aliphatic rings. The number of nitrogens with zero attached hydrogens (tertiary/aromatic N) is 3. The van der Waals surface area contributed by atoms with E-state index in [-0.39, 0.29) is 27.5 Å². The van der Waals surface area contributed by atoms with Crippen molar-refractivity contribution in [3.63, 3.8) is 0 Å². The largest absolute Gasteiger partial charge is 0.433 e. The van der Waals surface area contributed by atoms with E-state index in [1.54, 1.807) is 17.5 Å². The van der Waals surface area contributed by atoms with E-state index in [0.29, 0.717) is 9.39 Å². The number of hydrogen-bond acceptors (Lipinski definition) is 4. The Bertz CT molecular complexity index is 994. The Morgan fingerprint density at radius 3 is 2.70 bits per heavy atom. The molecule has 3 heterocycles. The lowest BCUT2D eigenvalue weighted by molar-refractivity contribution is -0.142. The van der Waals surface area contributed by atoms with Crippen molar-refractivity contribution in [2.24, 2.45) is 0 Å². The molecular weight excluding hydrogens is 445 g/mol. The zero-order valence-corrected chi connectivity index (χ0v) is 16.3. The van der Waals surface area contributed by atoms with Gasteiger partial charge in [0, 0.05) is 6.04 Å². The lowest BCUT2D eigenvalue weighted by Crippen LogP contribution is -2.33. The van der Waals surface area contributed by atoms with Gasteiger partial charge in [0.15, 0.2) is 17.0 Å². The number of aromatic nitrogens is 3. The SMILES string of the molecule is O=C(NC1CCCC1)c1nn2c(C(F)(F)F)cc(-c3cccs3)nc2c1Br. The van der Waals surface area contributed by atoms with Gasteiger partial charge in [0.25, 0.3) is 5.91 Å². The van der Waals surface area contributed by atoms with Crippen molar-refractivity contribution in [2.75, 3.05) is 0 Å². The molecule has 4 rings (SSSR count). The molecule has 0 aromatic carbocycles. The predicted octanol–water partition coefficient (Wildman–Crippen LogP) is 4.91. The van der Waals surface area contributed by atoms with Crippen LogP contribution in [0.2, 0.25) is 0 Å². The fraction of sp³-hybridized carbons (Fsp3) is 0.353. The molecule has 1 saturated carbocycles. The molecule has 27 heavy (non-hydrogen) atoms. The van der Waals surface area contributed by atoms with Crippen LogP contribution in [0, 0.1) is 0 Å². The number of halogens is 4. The van der Waals surface area contributed by atoms with E-state index in [9.17, 15) is 18.0 Å². The number of rotatable bonds is 3. The van der Waals surface area contributed by atoms with Crippen molar-refractivity contribution in [3.8, 4) is 10.6 Å². The molecule has 0 aliphatic heterocycles. The van der Waals surface area contributed by atoms with Gasteiger partial charge in [0.1, 0.15) is 0 Å². The smallest absolute Gasteiger partial charge is 0.348 e. The van der Waals surface area contributed by atoms with E-state index in [4.69, 9.17) is 0 Å². The molecule has 0 bridgehead atoms. The minimum Gasteiger partial charge on any atom is -0.348 e. The first-order valence-corrected chi connectivity index (χ1v) is 10.0. The van der Waals surface area contributed by atoms with Crippen LogP contribution in [-0.2, 0) is 6.18 Å². The molecule has 0 spiro atoms. The molecule has 10 heteroatoms. The summed E-state index contributed by atoms with van der Waals surface area (Å²) in [5, 5.41) is 8.53. The molecule has 0 radical (unpaired) electrons. The van der Waals surface area contributed by atoms with Gasteiger partial charge in [-0.15, -0.1) is 11.3 Å². The van der Waals surface area contributed by atoms with Gasteiger partial charge in [-0.3, -0.25) is 4.79 Å². The van der Waals surface area contributed by atoms with Crippen LogP contribution in [0.1, 0.15) is 41.9 Å². The van der Waals surface area contributed by atoms with Crippen molar-refractivity contribution < 1.29 is 18.0 Å². The second-order valence-electron chi connectivity index (χ2n) is 6.35. The number of thiophene rings is 1. The zero-order valence-electron chi connectivity index (χ0n) is 13.9. The van der Waals surface area contributed by atoms with Crippen LogP contribution in [-0.4, -0.2) is 26.5 Å². The number of nitrogens with one attached hydrogen (secondary N) is 1. The average Bonchev–Trinajstić information content (AvgIpc) is 3.35. The summed E-state index contributed by atoms with van der Waals surface area (Å²) in [5.74, 6) is -0.495. The number of fused-ring (bicyclic) bond motifs is 1. The van der Waals surface area contributed by atoms with Crippen molar-refractivity contribution >= 4 is 38.8 Å². The molecule has 0 unspecified atom stereocenters. The Labute approximate surface area is 164 Å². The first-order chi connectivity index (χ1) is 12.8. The summed E-state index contributed by atoms with van der Waals surface area (Å²) in [5.41, 5.74) is -0.919. The van der Waals surface area contributed by atoms with E-state index in [2.05, 4.69) is 31.3 Å². The first-order valence-electron chi connectivity index (χ1n) is 8.36. The van der Waals surface area contributed by atoms with E-state index < -0.39 is 17.8 Å². The van der Waals surface area contributed by atoms with Crippen LogP contribution in [0.5, 0.6) is 0 Å². The monoisotopic (exact) mass is 458 g/mol. The van der Waals surface area contributed by atoms with E-state index >= 15 is 0 Å². The highest BCUT2D eigenvalue weighted by Gasteiger charge is 2.37. The van der Waals surface area contributed by atoms with Crippen molar-refractivity contribution in [1.29, 1.82) is 0 Å². The summed E-state index contributed by atoms with van der Waals surface area (Å²) in [7, 11) is 0. The van der Waals surface area contributed by atoms with Crippen molar-refractivity contribution in [3.05, 3.63) is 39.4 Å². The molecule has 142 valence electrons. The Hall–Kier alpha value is -1.94. The zero-order chi connectivity index (χ0) is 19.2. The molecule has 1 amide bonds. The summed E-state index contributed by atoms with van der Waals surface area (Å²) in [4.78, 5) is 17.5. The van der Waals surface area contributed by atoms with Crippen molar-refractivity contribution in [1.82, 2.24) is 19.9 Å². The quantitative estimate of drug-likeness (QED) is 0.606. The van der Waals surface area contributed by atoms with Gasteiger partial charge in [-0.1, -0.05) is 18.9 Å². The summed E-state index contributed by atoms with van der Waals surface area (Å²) >= 11 is 4.52. The average molecular weight is 459 g/mol. The molecule has 0 atom stereocenters. The highest BCUT2D eigenvalue weighted by Crippen LogP contribution is 2.35. The maximum atomic E-state index is 13.6. The van der Waals surface area contributed by atoms with Crippen LogP contribution >= 0.6 is 27.3 Å². The molecule has 0 saturated heterocycles. The van der Waals surface area contributed by atoms with Gasteiger partial charge in [-0.25, -0.2) is 9.50 Å². The fourth-order valence-electron chi connectivity index (χ4n) is 3.21. The maximum Gasteiger partial charge on any atom is 0.433 e. The molecule has 3 aromatic heterocycles. The summed E-state index contributed by atoms with van der Waals surface area (Å²) in [6, 6.07) is 4.43. The molecule has 3 aromatic rings. The highest BCUT2D eigenvalue weighted by molar-refractivity contribution is 9.10. The number of carbonyl (C=O) groups is 1. The van der Waals surface area contributed by atoms with E-state index in [1.807, 2.05) is 0 Å². The van der Waals surface area contributed by atoms with Crippen LogP contribution in [0.3, 0.4) is 0 Å². The lowest BCUT2D eigenvalue weighted by atomic mass is 10.2.